The van der Waals surface area contributed by atoms with Gasteiger partial charge < -0.3 is 10.6 Å². The molecule has 0 aliphatic rings. The summed E-state index contributed by atoms with van der Waals surface area (Å²) in [6.45, 7) is 7.32. The van der Waals surface area contributed by atoms with Crippen LogP contribution in [0, 0.1) is 5.92 Å². The normalized spacial score (nSPS) is 12.5. The molecular formula is C15H23ClN2O. The van der Waals surface area contributed by atoms with Crippen LogP contribution in [0.2, 0.25) is 5.02 Å². The number of hydrogen-bond acceptors (Lipinski definition) is 2. The highest BCUT2D eigenvalue weighted by molar-refractivity contribution is 6.30. The summed E-state index contributed by atoms with van der Waals surface area (Å²) < 4.78 is 0. The lowest BCUT2D eigenvalue weighted by molar-refractivity contribution is -0.120. The van der Waals surface area contributed by atoms with Gasteiger partial charge in [-0.3, -0.25) is 4.79 Å². The van der Waals surface area contributed by atoms with Crippen LogP contribution in [0.5, 0.6) is 0 Å². The molecule has 4 heteroatoms. The van der Waals surface area contributed by atoms with Crippen LogP contribution in [0.25, 0.3) is 0 Å². The Morgan fingerprint density at radius 3 is 2.42 bits per heavy atom. The van der Waals surface area contributed by atoms with E-state index >= 15 is 0 Å². The van der Waals surface area contributed by atoms with E-state index in [0.717, 1.165) is 23.6 Å². The minimum Gasteiger partial charge on any atom is -0.355 e. The molecule has 0 aliphatic carbocycles. The molecule has 1 atom stereocenters. The Morgan fingerprint density at radius 2 is 1.89 bits per heavy atom. The van der Waals surface area contributed by atoms with Gasteiger partial charge in [0.25, 0.3) is 0 Å². The van der Waals surface area contributed by atoms with Gasteiger partial charge in [-0.25, -0.2) is 0 Å². The van der Waals surface area contributed by atoms with Gasteiger partial charge in [-0.05, 0) is 30.0 Å². The Hall–Kier alpha value is -1.06. The number of benzene rings is 1. The van der Waals surface area contributed by atoms with Gasteiger partial charge in [-0.1, -0.05) is 44.5 Å². The number of hydrogen-bond donors (Lipinski definition) is 2. The predicted octanol–water partition coefficient (Wildman–Crippen LogP) is 3.15. The lowest BCUT2D eigenvalue weighted by Gasteiger charge is -2.17. The average molecular weight is 283 g/mol. The molecule has 0 radical (unpaired) electrons. The van der Waals surface area contributed by atoms with Crippen molar-refractivity contribution in [3.8, 4) is 0 Å². The third-order valence-electron chi connectivity index (χ3n) is 2.90. The van der Waals surface area contributed by atoms with Crippen LogP contribution in [-0.4, -0.2) is 19.0 Å². The van der Waals surface area contributed by atoms with Crippen LogP contribution in [0.4, 0.5) is 0 Å². The van der Waals surface area contributed by atoms with Crippen molar-refractivity contribution in [3.63, 3.8) is 0 Å². The number of rotatable bonds is 7. The molecule has 0 spiro atoms. The Labute approximate surface area is 120 Å². The highest BCUT2D eigenvalue weighted by Crippen LogP contribution is 2.18. The lowest BCUT2D eigenvalue weighted by atomic mass is 10.0. The van der Waals surface area contributed by atoms with Crippen LogP contribution in [0.15, 0.2) is 24.3 Å². The largest absolute Gasteiger partial charge is 0.355 e. The van der Waals surface area contributed by atoms with Gasteiger partial charge >= 0.3 is 0 Å². The summed E-state index contributed by atoms with van der Waals surface area (Å²) >= 11 is 5.87. The fraction of sp³-hybridized carbons (Fsp3) is 0.533. The van der Waals surface area contributed by atoms with E-state index in [4.69, 9.17) is 11.6 Å². The minimum absolute atomic E-state index is 0.0427. The molecule has 106 valence electrons. The monoisotopic (exact) mass is 282 g/mol. The van der Waals surface area contributed by atoms with Gasteiger partial charge in [-0.15, -0.1) is 0 Å². The first-order valence-electron chi connectivity index (χ1n) is 6.78. The quantitative estimate of drug-likeness (QED) is 0.807. The zero-order valence-corrected chi connectivity index (χ0v) is 12.6. The van der Waals surface area contributed by atoms with Gasteiger partial charge in [0.1, 0.15) is 0 Å². The third-order valence-corrected chi connectivity index (χ3v) is 3.15. The van der Waals surface area contributed by atoms with Crippen LogP contribution in [0.3, 0.4) is 0 Å². The molecule has 0 aliphatic heterocycles. The summed E-state index contributed by atoms with van der Waals surface area (Å²) in [5.74, 6) is 0.517. The minimum atomic E-state index is 0.0427. The number of halogens is 1. The van der Waals surface area contributed by atoms with Crippen LogP contribution in [-0.2, 0) is 4.79 Å². The fourth-order valence-electron chi connectivity index (χ4n) is 1.79. The smallest absolute Gasteiger partial charge is 0.233 e. The summed E-state index contributed by atoms with van der Waals surface area (Å²) in [6, 6.07) is 7.92. The predicted molar refractivity (Wildman–Crippen MR) is 80.3 cm³/mol. The molecule has 0 saturated carbocycles. The van der Waals surface area contributed by atoms with Crippen LogP contribution >= 0.6 is 11.6 Å². The highest BCUT2D eigenvalue weighted by atomic mass is 35.5. The van der Waals surface area contributed by atoms with Crippen LogP contribution in [0.1, 0.15) is 38.8 Å². The van der Waals surface area contributed by atoms with Gasteiger partial charge in [0, 0.05) is 17.6 Å². The Balaban J connectivity index is 2.44. The van der Waals surface area contributed by atoms with Gasteiger partial charge in [0.15, 0.2) is 0 Å². The summed E-state index contributed by atoms with van der Waals surface area (Å²) in [5.41, 5.74) is 1.16. The van der Waals surface area contributed by atoms with Crippen molar-refractivity contribution in [1.29, 1.82) is 0 Å². The summed E-state index contributed by atoms with van der Waals surface area (Å²) in [7, 11) is 0. The molecule has 0 heterocycles. The van der Waals surface area contributed by atoms with Gasteiger partial charge in [0.05, 0.1) is 6.54 Å². The second kappa shape index (κ2) is 8.18. The lowest BCUT2D eigenvalue weighted by Crippen LogP contribution is -2.37. The second-order valence-corrected chi connectivity index (χ2v) is 5.53. The second-order valence-electron chi connectivity index (χ2n) is 5.09. The maximum atomic E-state index is 11.7. The molecule has 1 rings (SSSR count). The van der Waals surface area contributed by atoms with E-state index in [-0.39, 0.29) is 11.9 Å². The van der Waals surface area contributed by atoms with E-state index in [2.05, 4.69) is 31.4 Å². The number of nitrogens with one attached hydrogen (secondary N) is 2. The fourth-order valence-corrected chi connectivity index (χ4v) is 1.92. The molecule has 0 aromatic heterocycles. The van der Waals surface area contributed by atoms with Crippen molar-refractivity contribution < 1.29 is 4.79 Å². The molecule has 0 fully saturated rings. The summed E-state index contributed by atoms with van der Waals surface area (Å²) in [5, 5.41) is 6.90. The SMILES string of the molecule is CCC(NCC(=O)NCC(C)C)c1ccc(Cl)cc1. The molecule has 1 amide bonds. The van der Waals surface area contributed by atoms with Gasteiger partial charge in [0.2, 0.25) is 5.91 Å². The molecule has 1 aromatic carbocycles. The van der Waals surface area contributed by atoms with Crippen molar-refractivity contribution >= 4 is 17.5 Å². The van der Waals surface area contributed by atoms with E-state index in [9.17, 15) is 4.79 Å². The molecular weight excluding hydrogens is 260 g/mol. The Kier molecular flexibility index (Phi) is 6.89. The standard InChI is InChI=1S/C15H23ClN2O/c1-4-14(12-5-7-13(16)8-6-12)17-10-15(19)18-9-11(2)3/h5-8,11,14,17H,4,9-10H2,1-3H3,(H,18,19). The summed E-state index contributed by atoms with van der Waals surface area (Å²) in [6.07, 6.45) is 0.930. The molecule has 0 saturated heterocycles. The Morgan fingerprint density at radius 1 is 1.26 bits per heavy atom. The van der Waals surface area contributed by atoms with Crippen molar-refractivity contribution in [2.45, 2.75) is 33.2 Å². The molecule has 1 aromatic rings. The van der Waals surface area contributed by atoms with E-state index in [1.54, 1.807) is 0 Å². The van der Waals surface area contributed by atoms with Crippen molar-refractivity contribution in [2.24, 2.45) is 5.92 Å². The number of carbonyl (C=O) groups is 1. The highest BCUT2D eigenvalue weighted by Gasteiger charge is 2.10. The van der Waals surface area contributed by atoms with Crippen molar-refractivity contribution in [3.05, 3.63) is 34.9 Å². The van der Waals surface area contributed by atoms with E-state index < -0.39 is 0 Å². The first kappa shape index (κ1) is 16.0. The maximum Gasteiger partial charge on any atom is 0.233 e. The molecule has 2 N–H and O–H groups in total. The third kappa shape index (κ3) is 6.08. The number of amides is 1. The van der Waals surface area contributed by atoms with E-state index in [1.165, 1.54) is 0 Å². The zero-order valence-electron chi connectivity index (χ0n) is 11.9. The zero-order chi connectivity index (χ0) is 14.3. The van der Waals surface area contributed by atoms with E-state index in [0.29, 0.717) is 12.5 Å². The van der Waals surface area contributed by atoms with Gasteiger partial charge in [-0.2, -0.15) is 0 Å². The van der Waals surface area contributed by atoms with Crippen molar-refractivity contribution in [2.75, 3.05) is 13.1 Å². The van der Waals surface area contributed by atoms with E-state index in [1.807, 2.05) is 24.3 Å². The van der Waals surface area contributed by atoms with Crippen LogP contribution < -0.4 is 10.6 Å². The summed E-state index contributed by atoms with van der Waals surface area (Å²) in [4.78, 5) is 11.7. The molecule has 0 bridgehead atoms. The maximum absolute atomic E-state index is 11.7. The molecule has 3 nitrogen and oxygen atoms in total. The first-order valence-corrected chi connectivity index (χ1v) is 7.16. The van der Waals surface area contributed by atoms with Crippen molar-refractivity contribution in [1.82, 2.24) is 10.6 Å². The Bertz CT molecular complexity index is 390. The average Bonchev–Trinajstić information content (AvgIpc) is 2.39. The molecule has 1 unspecified atom stereocenters. The first-order chi connectivity index (χ1) is 9.02. The number of carbonyl (C=O) groups excluding carboxylic acids is 1. The molecule has 19 heavy (non-hydrogen) atoms. The topological polar surface area (TPSA) is 41.1 Å².